The molecule has 14 heavy (non-hydrogen) atoms. The molecule has 0 atom stereocenters. The Morgan fingerprint density at radius 1 is 1.14 bits per heavy atom. The molecule has 0 aromatic heterocycles. The summed E-state index contributed by atoms with van der Waals surface area (Å²) in [6, 6.07) is 3.65. The lowest BCUT2D eigenvalue weighted by atomic mass is 10.1. The van der Waals surface area contributed by atoms with Crippen molar-refractivity contribution in [3.8, 4) is 11.5 Å². The molecule has 0 radical (unpaired) electrons. The first-order valence-corrected chi connectivity index (χ1v) is 4.33. The molecule has 1 aromatic carbocycles. The summed E-state index contributed by atoms with van der Waals surface area (Å²) in [4.78, 5) is 0. The van der Waals surface area contributed by atoms with Gasteiger partial charge in [0.15, 0.2) is 0 Å². The van der Waals surface area contributed by atoms with Crippen LogP contribution in [0.1, 0.15) is 17.3 Å². The number of hydrogen-bond donors (Lipinski definition) is 2. The lowest BCUT2D eigenvalue weighted by Crippen LogP contribution is -2.22. The Balaban J connectivity index is 3.27. The summed E-state index contributed by atoms with van der Waals surface area (Å²) in [5.41, 5.74) is 13.1. The molecule has 0 aliphatic carbocycles. The molecule has 1 aromatic rings. The minimum Gasteiger partial charge on any atom is -0.497 e. The van der Waals surface area contributed by atoms with Gasteiger partial charge in [-0.1, -0.05) is 0 Å². The number of nitrogens with two attached hydrogens (primary N) is 2. The van der Waals surface area contributed by atoms with Crippen LogP contribution >= 0.6 is 0 Å². The van der Waals surface area contributed by atoms with Gasteiger partial charge in [-0.25, -0.2) is 0 Å². The summed E-state index contributed by atoms with van der Waals surface area (Å²) >= 11 is 0. The number of hydrogen-bond acceptors (Lipinski definition) is 4. The van der Waals surface area contributed by atoms with Crippen LogP contribution in [0.2, 0.25) is 0 Å². The Hall–Kier alpha value is -1.26. The molecule has 0 unspecified atom stereocenters. The molecular formula is C10H16N2O2. The van der Waals surface area contributed by atoms with Crippen molar-refractivity contribution < 1.29 is 9.47 Å². The number of aryl methyl sites for hydroxylation is 1. The van der Waals surface area contributed by atoms with E-state index >= 15 is 0 Å². The number of benzene rings is 1. The van der Waals surface area contributed by atoms with Gasteiger partial charge in [0, 0.05) is 11.6 Å². The highest BCUT2D eigenvalue weighted by atomic mass is 16.5. The first-order valence-electron chi connectivity index (χ1n) is 4.33. The van der Waals surface area contributed by atoms with Gasteiger partial charge in [0.05, 0.1) is 20.4 Å². The first-order chi connectivity index (χ1) is 6.60. The molecule has 4 N–H and O–H groups in total. The van der Waals surface area contributed by atoms with Gasteiger partial charge in [0.1, 0.15) is 11.5 Å². The van der Waals surface area contributed by atoms with E-state index in [0.717, 1.165) is 16.9 Å². The summed E-state index contributed by atoms with van der Waals surface area (Å²) in [5, 5.41) is 0. The Kier molecular flexibility index (Phi) is 3.33. The quantitative estimate of drug-likeness (QED) is 0.705. The van der Waals surface area contributed by atoms with Crippen LogP contribution in [0.3, 0.4) is 0 Å². The molecule has 0 heterocycles. The van der Waals surface area contributed by atoms with E-state index in [9.17, 15) is 0 Å². The van der Waals surface area contributed by atoms with Crippen LogP contribution in [-0.4, -0.2) is 14.2 Å². The van der Waals surface area contributed by atoms with Crippen LogP contribution in [0, 0.1) is 6.92 Å². The second-order valence-corrected chi connectivity index (χ2v) is 3.09. The maximum absolute atomic E-state index is 5.64. The fourth-order valence-corrected chi connectivity index (χ4v) is 1.45. The van der Waals surface area contributed by atoms with E-state index in [0.29, 0.717) is 5.75 Å². The van der Waals surface area contributed by atoms with Gasteiger partial charge >= 0.3 is 0 Å². The zero-order chi connectivity index (χ0) is 10.7. The highest BCUT2D eigenvalue weighted by Gasteiger charge is 2.12. The fraction of sp³-hybridized carbons (Fsp3) is 0.400. The van der Waals surface area contributed by atoms with Gasteiger partial charge in [0.2, 0.25) is 0 Å². The Morgan fingerprint density at radius 2 is 1.79 bits per heavy atom. The van der Waals surface area contributed by atoms with Crippen LogP contribution in [0.25, 0.3) is 0 Å². The van der Waals surface area contributed by atoms with E-state index in [-0.39, 0.29) is 0 Å². The highest BCUT2D eigenvalue weighted by molar-refractivity contribution is 5.47. The smallest absolute Gasteiger partial charge is 0.128 e. The summed E-state index contributed by atoms with van der Waals surface area (Å²) in [6.45, 7) is 1.92. The van der Waals surface area contributed by atoms with Crippen molar-refractivity contribution in [2.24, 2.45) is 11.5 Å². The molecule has 4 nitrogen and oxygen atoms in total. The SMILES string of the molecule is COc1cc(C)c(C(N)N)c(OC)c1. The van der Waals surface area contributed by atoms with Gasteiger partial charge in [-0.05, 0) is 18.6 Å². The molecule has 78 valence electrons. The molecule has 0 aliphatic rings. The summed E-state index contributed by atoms with van der Waals surface area (Å²) < 4.78 is 10.3. The van der Waals surface area contributed by atoms with Crippen molar-refractivity contribution in [2.75, 3.05) is 14.2 Å². The van der Waals surface area contributed by atoms with E-state index in [1.807, 2.05) is 13.0 Å². The molecule has 0 saturated carbocycles. The van der Waals surface area contributed by atoms with Gasteiger partial charge in [-0.15, -0.1) is 0 Å². The van der Waals surface area contributed by atoms with Crippen LogP contribution in [0.15, 0.2) is 12.1 Å². The Morgan fingerprint density at radius 3 is 2.21 bits per heavy atom. The van der Waals surface area contributed by atoms with Crippen LogP contribution < -0.4 is 20.9 Å². The molecule has 0 amide bonds. The van der Waals surface area contributed by atoms with Crippen molar-refractivity contribution in [2.45, 2.75) is 13.1 Å². The summed E-state index contributed by atoms with van der Waals surface area (Å²) in [7, 11) is 3.19. The van der Waals surface area contributed by atoms with Crippen LogP contribution in [0.4, 0.5) is 0 Å². The number of methoxy groups -OCH3 is 2. The van der Waals surface area contributed by atoms with Gasteiger partial charge in [-0.3, -0.25) is 0 Å². The maximum Gasteiger partial charge on any atom is 0.128 e. The minimum atomic E-state index is -0.532. The molecule has 0 spiro atoms. The minimum absolute atomic E-state index is 0.532. The average Bonchev–Trinajstić information content (AvgIpc) is 2.15. The number of rotatable bonds is 3. The molecule has 0 bridgehead atoms. The van der Waals surface area contributed by atoms with Crippen molar-refractivity contribution in [3.05, 3.63) is 23.3 Å². The Bertz CT molecular complexity index is 324. The Labute approximate surface area is 83.8 Å². The van der Waals surface area contributed by atoms with Gasteiger partial charge in [-0.2, -0.15) is 0 Å². The predicted molar refractivity (Wildman–Crippen MR) is 55.4 cm³/mol. The fourth-order valence-electron chi connectivity index (χ4n) is 1.45. The topological polar surface area (TPSA) is 70.5 Å². The molecule has 0 fully saturated rings. The maximum atomic E-state index is 5.64. The molecule has 0 aliphatic heterocycles. The third-order valence-electron chi connectivity index (χ3n) is 2.11. The van der Waals surface area contributed by atoms with E-state index in [2.05, 4.69) is 0 Å². The van der Waals surface area contributed by atoms with E-state index in [1.54, 1.807) is 20.3 Å². The predicted octanol–water partition coefficient (Wildman–Crippen LogP) is 0.928. The van der Waals surface area contributed by atoms with Gasteiger partial charge < -0.3 is 20.9 Å². The zero-order valence-electron chi connectivity index (χ0n) is 8.70. The van der Waals surface area contributed by atoms with Crippen molar-refractivity contribution >= 4 is 0 Å². The summed E-state index contributed by atoms with van der Waals surface area (Å²) in [5.74, 6) is 1.40. The second kappa shape index (κ2) is 4.30. The standard InChI is InChI=1S/C10H16N2O2/c1-6-4-7(13-2)5-8(14-3)9(6)10(11)12/h4-5,10H,11-12H2,1-3H3. The second-order valence-electron chi connectivity index (χ2n) is 3.09. The van der Waals surface area contributed by atoms with E-state index < -0.39 is 6.17 Å². The molecular weight excluding hydrogens is 180 g/mol. The third-order valence-corrected chi connectivity index (χ3v) is 2.11. The monoisotopic (exact) mass is 196 g/mol. The average molecular weight is 196 g/mol. The molecule has 4 heteroatoms. The first kappa shape index (κ1) is 10.8. The van der Waals surface area contributed by atoms with Crippen molar-refractivity contribution in [3.63, 3.8) is 0 Å². The highest BCUT2D eigenvalue weighted by Crippen LogP contribution is 2.30. The molecule has 1 rings (SSSR count). The van der Waals surface area contributed by atoms with Gasteiger partial charge in [0.25, 0.3) is 0 Å². The van der Waals surface area contributed by atoms with Crippen molar-refractivity contribution in [1.29, 1.82) is 0 Å². The van der Waals surface area contributed by atoms with Crippen molar-refractivity contribution in [1.82, 2.24) is 0 Å². The zero-order valence-corrected chi connectivity index (χ0v) is 8.70. The third kappa shape index (κ3) is 1.97. The lowest BCUT2D eigenvalue weighted by molar-refractivity contribution is 0.388. The molecule has 0 saturated heterocycles. The van der Waals surface area contributed by atoms with Crippen LogP contribution in [-0.2, 0) is 0 Å². The normalized spacial score (nSPS) is 10.4. The lowest BCUT2D eigenvalue weighted by Gasteiger charge is -2.16. The van der Waals surface area contributed by atoms with E-state index in [1.165, 1.54) is 0 Å². The summed E-state index contributed by atoms with van der Waals surface area (Å²) in [6.07, 6.45) is -0.532. The number of ether oxygens (including phenoxy) is 2. The van der Waals surface area contributed by atoms with Crippen LogP contribution in [0.5, 0.6) is 11.5 Å². The van der Waals surface area contributed by atoms with E-state index in [4.69, 9.17) is 20.9 Å². The largest absolute Gasteiger partial charge is 0.497 e.